The summed E-state index contributed by atoms with van der Waals surface area (Å²) in [5, 5.41) is 2.86. The number of hydrogen-bond acceptors (Lipinski definition) is 2. The van der Waals surface area contributed by atoms with Gasteiger partial charge in [0.2, 0.25) is 11.4 Å². The second-order valence-electron chi connectivity index (χ2n) is 8.08. The van der Waals surface area contributed by atoms with Gasteiger partial charge in [-0.3, -0.25) is 9.78 Å². The lowest BCUT2D eigenvalue weighted by Gasteiger charge is -2.12. The van der Waals surface area contributed by atoms with Crippen molar-refractivity contribution in [3.8, 4) is 11.1 Å². The summed E-state index contributed by atoms with van der Waals surface area (Å²) in [5.74, 6) is -0.822. The van der Waals surface area contributed by atoms with E-state index in [9.17, 15) is 9.18 Å². The van der Waals surface area contributed by atoms with Crippen molar-refractivity contribution < 1.29 is 9.18 Å². The summed E-state index contributed by atoms with van der Waals surface area (Å²) < 4.78 is 16.3. The highest BCUT2D eigenvalue weighted by molar-refractivity contribution is 5.92. The second kappa shape index (κ2) is 10.0. The van der Waals surface area contributed by atoms with Gasteiger partial charge in [0.05, 0.1) is 13.1 Å². The first-order chi connectivity index (χ1) is 16.9. The molecule has 35 heavy (non-hydrogen) atoms. The molecule has 2 aromatic heterocycles. The van der Waals surface area contributed by atoms with E-state index in [1.807, 2.05) is 42.7 Å². The molecule has 4 rings (SSSR count). The quantitative estimate of drug-likeness (QED) is 0.337. The van der Waals surface area contributed by atoms with Crippen LogP contribution in [0.3, 0.4) is 0 Å². The van der Waals surface area contributed by atoms with Gasteiger partial charge in [0.1, 0.15) is 11.5 Å². The van der Waals surface area contributed by atoms with E-state index in [0.717, 1.165) is 22.5 Å². The summed E-state index contributed by atoms with van der Waals surface area (Å²) in [7, 11) is 0. The normalized spacial score (nSPS) is 10.4. The van der Waals surface area contributed by atoms with Crippen LogP contribution in [0.25, 0.3) is 20.8 Å². The highest BCUT2D eigenvalue weighted by Gasteiger charge is 2.20. The van der Waals surface area contributed by atoms with E-state index < -0.39 is 5.82 Å². The van der Waals surface area contributed by atoms with Gasteiger partial charge in [-0.05, 0) is 48.7 Å². The number of carbonyl (C=O) groups is 1. The van der Waals surface area contributed by atoms with Crippen molar-refractivity contribution in [3.05, 3.63) is 124 Å². The van der Waals surface area contributed by atoms with Crippen molar-refractivity contribution in [2.24, 2.45) is 0 Å². The van der Waals surface area contributed by atoms with E-state index in [4.69, 9.17) is 13.1 Å². The number of carbonyl (C=O) groups excluding carboxylic acids is 1. The van der Waals surface area contributed by atoms with Crippen molar-refractivity contribution in [2.75, 3.05) is 0 Å². The van der Waals surface area contributed by atoms with Gasteiger partial charge in [0.15, 0.2) is 0 Å². The molecule has 0 radical (unpaired) electrons. The van der Waals surface area contributed by atoms with Crippen molar-refractivity contribution in [3.63, 3.8) is 0 Å². The lowest BCUT2D eigenvalue weighted by atomic mass is 10.0. The van der Waals surface area contributed by atoms with Gasteiger partial charge in [0.25, 0.3) is 5.91 Å². The number of benzene rings is 2. The Morgan fingerprint density at radius 2 is 1.74 bits per heavy atom. The average molecular weight is 464 g/mol. The minimum Gasteiger partial charge on any atom is -0.355 e. The predicted octanol–water partition coefficient (Wildman–Crippen LogP) is 6.39. The summed E-state index contributed by atoms with van der Waals surface area (Å²) in [4.78, 5) is 23.1. The lowest BCUT2D eigenvalue weighted by molar-refractivity contribution is 0.0946. The number of nitrogens with zero attached hydrogens (tertiary/aromatic N) is 4. The van der Waals surface area contributed by atoms with Gasteiger partial charge in [-0.2, -0.15) is 0 Å². The third-order valence-corrected chi connectivity index (χ3v) is 5.93. The Balaban J connectivity index is 1.54. The molecule has 0 aliphatic rings. The first-order valence-electron chi connectivity index (χ1n) is 10.9. The zero-order valence-corrected chi connectivity index (χ0v) is 19.3. The first kappa shape index (κ1) is 23.4. The summed E-state index contributed by atoms with van der Waals surface area (Å²) in [5.41, 5.74) is 5.72. The molecule has 0 saturated heterocycles. The van der Waals surface area contributed by atoms with Crippen LogP contribution in [-0.4, -0.2) is 15.5 Å². The molecule has 0 saturated carbocycles. The Kier molecular flexibility index (Phi) is 6.71. The van der Waals surface area contributed by atoms with Crippen molar-refractivity contribution in [1.82, 2.24) is 14.9 Å². The molecule has 0 unspecified atom stereocenters. The van der Waals surface area contributed by atoms with Crippen molar-refractivity contribution in [1.29, 1.82) is 0 Å². The fourth-order valence-electron chi connectivity index (χ4n) is 4.05. The molecule has 0 atom stereocenters. The summed E-state index contributed by atoms with van der Waals surface area (Å²) >= 11 is 0. The van der Waals surface area contributed by atoms with E-state index >= 15 is 0 Å². The third-order valence-electron chi connectivity index (χ3n) is 5.93. The Bertz CT molecular complexity index is 1480. The number of hydrogen-bond donors (Lipinski definition) is 1. The molecule has 7 heteroatoms. The highest BCUT2D eigenvalue weighted by Crippen LogP contribution is 2.40. The van der Waals surface area contributed by atoms with Crippen LogP contribution >= 0.6 is 0 Å². The fourth-order valence-corrected chi connectivity index (χ4v) is 4.05. The molecule has 1 N–H and O–H groups in total. The topological polar surface area (TPSA) is 55.6 Å². The molecule has 0 aliphatic carbocycles. The van der Waals surface area contributed by atoms with Gasteiger partial charge in [0, 0.05) is 36.2 Å². The molecule has 2 heterocycles. The first-order valence-corrected chi connectivity index (χ1v) is 10.9. The summed E-state index contributed by atoms with van der Waals surface area (Å²) in [6.07, 6.45) is 1.58. The second-order valence-corrected chi connectivity index (χ2v) is 8.08. The van der Waals surface area contributed by atoms with Crippen LogP contribution in [0.15, 0.2) is 66.9 Å². The molecule has 0 fully saturated rings. The van der Waals surface area contributed by atoms with Crippen molar-refractivity contribution >= 4 is 17.3 Å². The van der Waals surface area contributed by atoms with Crippen molar-refractivity contribution in [2.45, 2.75) is 26.9 Å². The van der Waals surface area contributed by atoms with Gasteiger partial charge in [-0.25, -0.2) is 14.1 Å². The van der Waals surface area contributed by atoms with E-state index in [1.165, 1.54) is 12.1 Å². The molecule has 0 bridgehead atoms. The van der Waals surface area contributed by atoms with E-state index in [-0.39, 0.29) is 11.6 Å². The van der Waals surface area contributed by atoms with Gasteiger partial charge < -0.3 is 9.88 Å². The Morgan fingerprint density at radius 1 is 1.00 bits per heavy atom. The van der Waals surface area contributed by atoms with Crippen LogP contribution in [0.1, 0.15) is 33.0 Å². The van der Waals surface area contributed by atoms with Crippen LogP contribution in [0.4, 0.5) is 15.8 Å². The van der Waals surface area contributed by atoms with E-state index in [2.05, 4.69) is 20.0 Å². The predicted molar refractivity (Wildman–Crippen MR) is 133 cm³/mol. The van der Waals surface area contributed by atoms with Gasteiger partial charge >= 0.3 is 0 Å². The molecule has 172 valence electrons. The van der Waals surface area contributed by atoms with Gasteiger partial charge in [-0.1, -0.05) is 42.5 Å². The minimum atomic E-state index is -0.594. The highest BCUT2D eigenvalue weighted by atomic mass is 19.1. The maximum atomic E-state index is 14.3. The third kappa shape index (κ3) is 4.80. The monoisotopic (exact) mass is 463 g/mol. The Hall–Kier alpha value is -4.75. The largest absolute Gasteiger partial charge is 0.355 e. The number of aromatic nitrogens is 2. The number of amides is 1. The molecular weight excluding hydrogens is 441 g/mol. The molecular formula is C28H22FN5O. The summed E-state index contributed by atoms with van der Waals surface area (Å²) in [6.45, 7) is 19.5. The maximum Gasteiger partial charge on any atom is 0.270 e. The Morgan fingerprint density at radius 3 is 2.37 bits per heavy atom. The zero-order chi connectivity index (χ0) is 24.9. The number of nitrogens with one attached hydrogen (secondary N) is 1. The number of rotatable bonds is 6. The summed E-state index contributed by atoms with van der Waals surface area (Å²) in [6, 6.07) is 17.5. The average Bonchev–Trinajstić information content (AvgIpc) is 3.12. The fraction of sp³-hybridized carbons (Fsp3) is 0.143. The molecule has 6 nitrogen and oxygen atoms in total. The van der Waals surface area contributed by atoms with Crippen LogP contribution in [0.2, 0.25) is 0 Å². The molecule has 2 aromatic carbocycles. The molecule has 1 amide bonds. The smallest absolute Gasteiger partial charge is 0.270 e. The van der Waals surface area contributed by atoms with Crippen LogP contribution < -0.4 is 5.32 Å². The Labute approximate surface area is 203 Å². The standard InChI is InChI=1S/C28H22FN5O/c1-18-26(22-12-13-24(30-3)23(29)15-22)27(31-4)19(2)34(18)17-21-10-8-20(9-11-21)16-33-28(35)25-7-5-6-14-32-25/h5-15H,16-17H2,1-2H3,(H,33,35). The lowest BCUT2D eigenvalue weighted by Crippen LogP contribution is -2.23. The van der Waals surface area contributed by atoms with Crippen LogP contribution in [-0.2, 0) is 13.1 Å². The number of halogens is 1. The molecule has 0 spiro atoms. The zero-order valence-electron chi connectivity index (χ0n) is 19.3. The van der Waals surface area contributed by atoms with Crippen LogP contribution in [0, 0.1) is 32.8 Å². The van der Waals surface area contributed by atoms with Gasteiger partial charge in [-0.15, -0.1) is 0 Å². The van der Waals surface area contributed by atoms with E-state index in [0.29, 0.717) is 35.6 Å². The minimum absolute atomic E-state index is 0.0387. The van der Waals surface area contributed by atoms with Crippen LogP contribution in [0.5, 0.6) is 0 Å². The van der Waals surface area contributed by atoms with E-state index in [1.54, 1.807) is 30.5 Å². The maximum absolute atomic E-state index is 14.3. The SMILES string of the molecule is [C-]#[N+]c1ccc(-c2c([N+]#[C-])c(C)n(Cc3ccc(CNC(=O)c4ccccn4)cc3)c2C)cc1F. The number of pyridine rings is 1. The molecule has 0 aliphatic heterocycles. The molecule has 4 aromatic rings.